The van der Waals surface area contributed by atoms with Crippen LogP contribution in [0.5, 0.6) is 11.5 Å². The van der Waals surface area contributed by atoms with E-state index in [1.807, 2.05) is 39.5 Å². The number of hydrogen-bond donors (Lipinski definition) is 3. The molecule has 1 unspecified atom stereocenters. The van der Waals surface area contributed by atoms with Gasteiger partial charge in [0, 0.05) is 0 Å². The van der Waals surface area contributed by atoms with Gasteiger partial charge in [-0.1, -0.05) is 18.2 Å². The lowest BCUT2D eigenvalue weighted by molar-refractivity contribution is -0.897. The highest BCUT2D eigenvalue weighted by Gasteiger charge is 2.17. The molecule has 0 spiro atoms. The van der Waals surface area contributed by atoms with Crippen molar-refractivity contribution in [2.45, 2.75) is 33.0 Å². The molecule has 2 aromatic carbocycles. The van der Waals surface area contributed by atoms with E-state index < -0.39 is 6.10 Å². The zero-order valence-corrected chi connectivity index (χ0v) is 19.4. The molecule has 8 heteroatoms. The lowest BCUT2D eigenvalue weighted by atomic mass is 10.1. The predicted octanol–water partition coefficient (Wildman–Crippen LogP) is -1.40. The number of methoxy groups -OCH3 is 2. The highest BCUT2D eigenvalue weighted by molar-refractivity contribution is 5.75. The van der Waals surface area contributed by atoms with Crippen molar-refractivity contribution in [2.24, 2.45) is 0 Å². The average molecular weight is 449 g/mol. The molecule has 0 aliphatic rings. The van der Waals surface area contributed by atoms with Gasteiger partial charge in [0.25, 0.3) is 0 Å². The van der Waals surface area contributed by atoms with Gasteiger partial charge in [0.1, 0.15) is 0 Å². The van der Waals surface area contributed by atoms with E-state index in [9.17, 15) is 5.11 Å². The summed E-state index contributed by atoms with van der Waals surface area (Å²) in [6.07, 6.45) is -0.772. The zero-order chi connectivity index (χ0) is 21.7. The topological polar surface area (TPSA) is 76.8 Å². The number of likely N-dealkylation sites (N-methyl/N-ethyl adjacent to an activating group) is 1. The van der Waals surface area contributed by atoms with Crippen LogP contribution in [-0.2, 0) is 13.1 Å². The Bertz CT molecular complexity index is 1040. The first-order valence-corrected chi connectivity index (χ1v) is 10.5. The minimum atomic E-state index is -0.772. The summed E-state index contributed by atoms with van der Waals surface area (Å²) in [7, 11) is 3.17. The molecular formula is C23H33ClN4O3. The maximum absolute atomic E-state index is 10.9. The largest absolute Gasteiger partial charge is 1.00 e. The van der Waals surface area contributed by atoms with Gasteiger partial charge in [0.2, 0.25) is 5.62 Å². The Balaban J connectivity index is 0.00000341. The van der Waals surface area contributed by atoms with Crippen molar-refractivity contribution in [3.8, 4) is 11.5 Å². The van der Waals surface area contributed by atoms with Crippen LogP contribution < -0.4 is 32.4 Å². The molecule has 7 nitrogen and oxygen atoms in total. The maximum atomic E-state index is 10.9. The Hall–Kier alpha value is -2.48. The third kappa shape index (κ3) is 5.23. The number of aliphatic hydroxyl groups excluding tert-OH is 1. The number of halogens is 1. The lowest BCUT2D eigenvalue weighted by Crippen LogP contribution is -3.11. The minimum absolute atomic E-state index is 0. The summed E-state index contributed by atoms with van der Waals surface area (Å²) in [5.41, 5.74) is 3.11. The fourth-order valence-corrected chi connectivity index (χ4v) is 3.92. The summed E-state index contributed by atoms with van der Waals surface area (Å²) in [6, 6.07) is 13.4. The summed E-state index contributed by atoms with van der Waals surface area (Å²) in [6.45, 7) is 8.55. The third-order valence-corrected chi connectivity index (χ3v) is 5.81. The number of fused-ring (bicyclic) bond motifs is 1. The van der Waals surface area contributed by atoms with E-state index in [1.54, 1.807) is 26.4 Å². The Morgan fingerprint density at radius 2 is 1.58 bits per heavy atom. The molecule has 0 aliphatic heterocycles. The van der Waals surface area contributed by atoms with Gasteiger partial charge in [-0.25, -0.2) is 0 Å². The summed E-state index contributed by atoms with van der Waals surface area (Å²) in [5, 5.41) is 19.7. The number of quaternary nitrogens is 1. The van der Waals surface area contributed by atoms with Gasteiger partial charge in [-0.3, -0.25) is 5.41 Å². The zero-order valence-electron chi connectivity index (χ0n) is 18.7. The van der Waals surface area contributed by atoms with Gasteiger partial charge >= 0.3 is 0 Å². The molecule has 3 aromatic rings. The monoisotopic (exact) mass is 448 g/mol. The second-order valence-electron chi connectivity index (χ2n) is 7.41. The number of aromatic nitrogens is 2. The Kier molecular flexibility index (Phi) is 8.98. The average Bonchev–Trinajstić information content (AvgIpc) is 3.05. The van der Waals surface area contributed by atoms with Gasteiger partial charge in [-0.15, -0.1) is 0 Å². The number of rotatable bonds is 10. The number of benzene rings is 2. The van der Waals surface area contributed by atoms with Crippen molar-refractivity contribution in [2.75, 3.05) is 33.9 Å². The van der Waals surface area contributed by atoms with Crippen LogP contribution in [-0.4, -0.2) is 48.1 Å². The number of nitrogens with zero attached hydrogens (tertiary/aromatic N) is 2. The van der Waals surface area contributed by atoms with Gasteiger partial charge in [-0.05, 0) is 43.7 Å². The smallest absolute Gasteiger partial charge is 0.203 e. The summed E-state index contributed by atoms with van der Waals surface area (Å²) in [4.78, 5) is 1.50. The maximum Gasteiger partial charge on any atom is 0.203 e. The third-order valence-electron chi connectivity index (χ3n) is 5.81. The first kappa shape index (κ1) is 24.8. The van der Waals surface area contributed by atoms with E-state index in [2.05, 4.69) is 13.8 Å². The molecule has 1 heterocycles. The Morgan fingerprint density at radius 3 is 2.16 bits per heavy atom. The van der Waals surface area contributed by atoms with Crippen LogP contribution in [0.1, 0.15) is 25.5 Å². The van der Waals surface area contributed by atoms with Crippen molar-refractivity contribution >= 4 is 11.0 Å². The van der Waals surface area contributed by atoms with E-state index in [0.29, 0.717) is 23.7 Å². The fraction of sp³-hybridized carbons (Fsp3) is 0.435. The van der Waals surface area contributed by atoms with E-state index in [1.165, 1.54) is 4.90 Å². The molecule has 3 N–H and O–H groups in total. The Labute approximate surface area is 189 Å². The number of hydrogen-bond acceptors (Lipinski definition) is 4. The van der Waals surface area contributed by atoms with E-state index >= 15 is 0 Å². The fourth-order valence-electron chi connectivity index (χ4n) is 3.92. The van der Waals surface area contributed by atoms with Crippen molar-refractivity contribution in [1.29, 1.82) is 5.41 Å². The highest BCUT2D eigenvalue weighted by atomic mass is 35.5. The summed E-state index contributed by atoms with van der Waals surface area (Å²) in [5.74, 6) is 1.20. The van der Waals surface area contributed by atoms with Gasteiger partial charge < -0.3 is 41.0 Å². The number of nitrogens with one attached hydrogen (secondary N) is 2. The van der Waals surface area contributed by atoms with Crippen LogP contribution in [0, 0.1) is 5.41 Å². The molecule has 0 saturated heterocycles. The van der Waals surface area contributed by atoms with E-state index in [-0.39, 0.29) is 12.4 Å². The van der Waals surface area contributed by atoms with Crippen LogP contribution >= 0.6 is 0 Å². The molecule has 1 aromatic heterocycles. The molecule has 31 heavy (non-hydrogen) atoms. The van der Waals surface area contributed by atoms with E-state index in [0.717, 1.165) is 42.8 Å². The van der Waals surface area contributed by atoms with Crippen molar-refractivity contribution in [3.63, 3.8) is 0 Å². The molecule has 0 aliphatic carbocycles. The van der Waals surface area contributed by atoms with Gasteiger partial charge in [0.05, 0.1) is 64.1 Å². The van der Waals surface area contributed by atoms with E-state index in [4.69, 9.17) is 14.9 Å². The summed E-state index contributed by atoms with van der Waals surface area (Å²) < 4.78 is 14.6. The second-order valence-corrected chi connectivity index (χ2v) is 7.41. The molecule has 1 atom stereocenters. The highest BCUT2D eigenvalue weighted by Crippen LogP contribution is 2.30. The van der Waals surface area contributed by atoms with Crippen LogP contribution in [0.15, 0.2) is 42.5 Å². The predicted molar refractivity (Wildman–Crippen MR) is 117 cm³/mol. The molecular weight excluding hydrogens is 416 g/mol. The van der Waals surface area contributed by atoms with Gasteiger partial charge in [-0.2, -0.15) is 0 Å². The number of para-hydroxylation sites is 2. The van der Waals surface area contributed by atoms with Crippen LogP contribution in [0.2, 0.25) is 0 Å². The first-order valence-electron chi connectivity index (χ1n) is 10.5. The second kappa shape index (κ2) is 11.2. The standard InChI is InChI=1S/C23H32N4O3.ClH/c1-5-25(6-2)13-14-26-18-9-7-8-10-19(18)27(23(26)24)16-20(28)17-11-12-21(29-3)22(15-17)30-4;/h7-12,15,20,24,28H,5-6,13-14,16H2,1-4H3;1H. The molecule has 0 bridgehead atoms. The number of aliphatic hydroxyl groups is 1. The van der Waals surface area contributed by atoms with Crippen molar-refractivity contribution < 1.29 is 31.9 Å². The van der Waals surface area contributed by atoms with Crippen molar-refractivity contribution in [3.05, 3.63) is 53.6 Å². The molecule has 170 valence electrons. The molecule has 0 fully saturated rings. The number of imidazole rings is 1. The first-order chi connectivity index (χ1) is 14.5. The normalized spacial score (nSPS) is 12.1. The van der Waals surface area contributed by atoms with Crippen LogP contribution in [0.3, 0.4) is 0 Å². The van der Waals surface area contributed by atoms with Crippen molar-refractivity contribution in [1.82, 2.24) is 9.13 Å². The molecule has 0 saturated carbocycles. The lowest BCUT2D eigenvalue weighted by Gasteiger charge is -2.16. The molecule has 0 amide bonds. The van der Waals surface area contributed by atoms with Crippen LogP contribution in [0.4, 0.5) is 0 Å². The van der Waals surface area contributed by atoms with Crippen LogP contribution in [0.25, 0.3) is 11.0 Å². The Morgan fingerprint density at radius 1 is 0.968 bits per heavy atom. The SMILES string of the molecule is CC[NH+](CC)CCn1c(=N)n(CC(O)c2ccc(OC)c(OC)c2)c2ccccc21.[Cl-]. The summed E-state index contributed by atoms with van der Waals surface area (Å²) >= 11 is 0. The molecule has 3 rings (SSSR count). The molecule has 0 radical (unpaired) electrons. The quantitative estimate of drug-likeness (QED) is 0.357. The minimum Gasteiger partial charge on any atom is -1.00 e. The van der Waals surface area contributed by atoms with Gasteiger partial charge in [0.15, 0.2) is 11.5 Å². The number of ether oxygens (including phenoxy) is 2.